The number of hydrogen-bond donors (Lipinski definition) is 2. The molecule has 1 spiro atoms. The van der Waals surface area contributed by atoms with Gasteiger partial charge in [0.15, 0.2) is 5.11 Å². The first kappa shape index (κ1) is 28.2. The van der Waals surface area contributed by atoms with E-state index in [0.29, 0.717) is 0 Å². The molecule has 5 aromatic rings. The highest BCUT2D eigenvalue weighted by atomic mass is 32.1. The van der Waals surface area contributed by atoms with Crippen molar-refractivity contribution in [1.82, 2.24) is 10.6 Å². The fraction of sp³-hybridized carbons (Fsp3) is 0.125. The Balaban J connectivity index is 1.51. The van der Waals surface area contributed by atoms with Crippen molar-refractivity contribution < 1.29 is 9.59 Å². The average molecular weight is 618 g/mol. The lowest BCUT2D eigenvalue weighted by atomic mass is 9.64. The number of carbonyl (C=O) groups is 2. The molecule has 5 nitrogen and oxygen atoms in total. The van der Waals surface area contributed by atoms with E-state index in [9.17, 15) is 9.59 Å². The first-order chi connectivity index (χ1) is 22.2. The lowest BCUT2D eigenvalue weighted by Crippen LogP contribution is -2.51. The van der Waals surface area contributed by atoms with Gasteiger partial charge in [0.2, 0.25) is 0 Å². The summed E-state index contributed by atoms with van der Waals surface area (Å²) in [5.41, 5.74) is 15.4. The summed E-state index contributed by atoms with van der Waals surface area (Å²) in [6, 6.07) is 34.9. The third-order valence-corrected chi connectivity index (χ3v) is 9.73. The van der Waals surface area contributed by atoms with Crippen LogP contribution in [-0.2, 0) is 15.0 Å². The van der Waals surface area contributed by atoms with Gasteiger partial charge in [-0.3, -0.25) is 20.2 Å². The topological polar surface area (TPSA) is 61.4 Å². The SMILES string of the molecule is Cc1cc(C)c(N2c3ccc(C)cc3C3(c4ccccc4-c4ccccc43)c3cc(C=C4C(=O)NC(=S)NC4=O)ccc32)c(C)c1. The van der Waals surface area contributed by atoms with Gasteiger partial charge in [-0.15, -0.1) is 0 Å². The van der Waals surface area contributed by atoms with Crippen molar-refractivity contribution in [3.05, 3.63) is 153 Å². The molecule has 0 atom stereocenters. The summed E-state index contributed by atoms with van der Waals surface area (Å²) in [7, 11) is 0. The number of amides is 2. The molecule has 2 N–H and O–H groups in total. The molecule has 0 saturated carbocycles. The summed E-state index contributed by atoms with van der Waals surface area (Å²) < 4.78 is 0. The maximum Gasteiger partial charge on any atom is 0.263 e. The molecule has 1 aliphatic carbocycles. The molecule has 0 unspecified atom stereocenters. The summed E-state index contributed by atoms with van der Waals surface area (Å²) >= 11 is 5.04. The Hall–Kier alpha value is -5.33. The molecule has 8 rings (SSSR count). The van der Waals surface area contributed by atoms with Crippen molar-refractivity contribution in [3.63, 3.8) is 0 Å². The molecule has 0 radical (unpaired) electrons. The third kappa shape index (κ3) is 3.90. The van der Waals surface area contributed by atoms with E-state index in [0.717, 1.165) is 28.2 Å². The van der Waals surface area contributed by atoms with Crippen LogP contribution in [-0.4, -0.2) is 16.9 Å². The molecule has 2 aliphatic heterocycles. The van der Waals surface area contributed by atoms with Crippen LogP contribution < -0.4 is 15.5 Å². The van der Waals surface area contributed by atoms with E-state index in [4.69, 9.17) is 12.2 Å². The summed E-state index contributed by atoms with van der Waals surface area (Å²) in [5, 5.41) is 5.15. The highest BCUT2D eigenvalue weighted by Gasteiger charge is 2.52. The van der Waals surface area contributed by atoms with Gasteiger partial charge in [-0.25, -0.2) is 0 Å². The number of carbonyl (C=O) groups excluding carboxylic acids is 2. The number of fused-ring (bicyclic) bond motifs is 9. The number of hydrogen-bond acceptors (Lipinski definition) is 4. The van der Waals surface area contributed by atoms with Crippen molar-refractivity contribution in [2.75, 3.05) is 4.90 Å². The van der Waals surface area contributed by atoms with E-state index >= 15 is 0 Å². The van der Waals surface area contributed by atoms with Gasteiger partial charge in [-0.2, -0.15) is 0 Å². The summed E-state index contributed by atoms with van der Waals surface area (Å²) in [6.07, 6.45) is 1.66. The minimum atomic E-state index is -0.639. The largest absolute Gasteiger partial charge is 0.309 e. The van der Waals surface area contributed by atoms with Crippen molar-refractivity contribution in [1.29, 1.82) is 0 Å². The quantitative estimate of drug-likeness (QED) is 0.117. The second kappa shape index (κ2) is 10.1. The van der Waals surface area contributed by atoms with E-state index in [2.05, 4.69) is 134 Å². The molecule has 46 heavy (non-hydrogen) atoms. The zero-order valence-electron chi connectivity index (χ0n) is 26.0. The number of thiocarbonyl (C=S) groups is 1. The van der Waals surface area contributed by atoms with Crippen LogP contribution in [0.2, 0.25) is 0 Å². The zero-order chi connectivity index (χ0) is 31.9. The van der Waals surface area contributed by atoms with Crippen LogP contribution in [0.3, 0.4) is 0 Å². The number of aryl methyl sites for hydroxylation is 4. The highest BCUT2D eigenvalue weighted by molar-refractivity contribution is 7.80. The van der Waals surface area contributed by atoms with Gasteiger partial charge in [0.05, 0.1) is 22.5 Å². The normalized spacial score (nSPS) is 15.5. The number of anilines is 3. The van der Waals surface area contributed by atoms with E-state index in [-0.39, 0.29) is 10.7 Å². The van der Waals surface area contributed by atoms with Gasteiger partial charge in [0.25, 0.3) is 11.8 Å². The molecule has 5 aromatic carbocycles. The molecule has 1 fully saturated rings. The molecule has 1 saturated heterocycles. The van der Waals surface area contributed by atoms with Crippen molar-refractivity contribution in [2.45, 2.75) is 33.1 Å². The molecular formula is C40H31N3O2S. The van der Waals surface area contributed by atoms with E-state index in [1.165, 1.54) is 50.1 Å². The molecule has 224 valence electrons. The van der Waals surface area contributed by atoms with Gasteiger partial charge >= 0.3 is 0 Å². The predicted octanol–water partition coefficient (Wildman–Crippen LogP) is 7.98. The molecule has 3 aliphatic rings. The number of nitrogens with zero attached hydrogens (tertiary/aromatic N) is 1. The standard InChI is InChI=1S/C40H31N3O2S/c1-22-13-15-34-32(19-22)40(30-11-7-5-9-27(30)28-10-6-8-12-31(28)40)33-21-26(20-29-37(44)41-39(46)42-38(29)45)14-16-35(33)43(34)36-24(3)17-23(2)18-25(36)4/h5-21H,1-4H3,(H2,41,42,44,45,46). The smallest absolute Gasteiger partial charge is 0.263 e. The van der Waals surface area contributed by atoms with Crippen LogP contribution >= 0.6 is 12.2 Å². The lowest BCUT2D eigenvalue weighted by Gasteiger charge is -2.46. The number of rotatable bonds is 2. The van der Waals surface area contributed by atoms with Gasteiger partial charge in [-0.1, -0.05) is 90.0 Å². The van der Waals surface area contributed by atoms with Crippen LogP contribution in [0.4, 0.5) is 17.1 Å². The van der Waals surface area contributed by atoms with Crippen molar-refractivity contribution in [2.24, 2.45) is 0 Å². The van der Waals surface area contributed by atoms with Crippen LogP contribution in [0.5, 0.6) is 0 Å². The maximum atomic E-state index is 12.9. The summed E-state index contributed by atoms with van der Waals surface area (Å²) in [4.78, 5) is 28.2. The molecule has 2 heterocycles. The first-order valence-corrected chi connectivity index (χ1v) is 15.8. The second-order valence-corrected chi connectivity index (χ2v) is 12.9. The van der Waals surface area contributed by atoms with Crippen molar-refractivity contribution in [3.8, 4) is 11.1 Å². The Bertz CT molecular complexity index is 2140. The van der Waals surface area contributed by atoms with E-state index in [1.54, 1.807) is 6.08 Å². The Morgan fingerprint density at radius 2 is 1.17 bits per heavy atom. The minimum absolute atomic E-state index is 0.0159. The molecule has 0 bridgehead atoms. The lowest BCUT2D eigenvalue weighted by molar-refractivity contribution is -0.123. The van der Waals surface area contributed by atoms with Crippen LogP contribution in [0.25, 0.3) is 17.2 Å². The van der Waals surface area contributed by atoms with Gasteiger partial charge in [-0.05, 0) is 114 Å². The van der Waals surface area contributed by atoms with Gasteiger partial charge in [0.1, 0.15) is 5.57 Å². The zero-order valence-corrected chi connectivity index (χ0v) is 26.8. The summed E-state index contributed by atoms with van der Waals surface area (Å²) in [6.45, 7) is 8.64. The second-order valence-electron chi connectivity index (χ2n) is 12.5. The predicted molar refractivity (Wildman–Crippen MR) is 188 cm³/mol. The fourth-order valence-electron chi connectivity index (χ4n) is 7.91. The summed E-state index contributed by atoms with van der Waals surface area (Å²) in [5.74, 6) is -1.02. The van der Waals surface area contributed by atoms with E-state index in [1.807, 2.05) is 6.07 Å². The molecule has 0 aromatic heterocycles. The Labute approximate surface area is 273 Å². The Morgan fingerprint density at radius 1 is 0.630 bits per heavy atom. The Morgan fingerprint density at radius 3 is 1.78 bits per heavy atom. The first-order valence-electron chi connectivity index (χ1n) is 15.4. The Kier molecular flexibility index (Phi) is 6.18. The maximum absolute atomic E-state index is 12.9. The molecule has 6 heteroatoms. The monoisotopic (exact) mass is 617 g/mol. The minimum Gasteiger partial charge on any atom is -0.309 e. The fourth-order valence-corrected chi connectivity index (χ4v) is 8.10. The molecule has 2 amide bonds. The van der Waals surface area contributed by atoms with Crippen LogP contribution in [0.1, 0.15) is 50.1 Å². The van der Waals surface area contributed by atoms with E-state index < -0.39 is 17.2 Å². The highest BCUT2D eigenvalue weighted by Crippen LogP contribution is 2.64. The van der Waals surface area contributed by atoms with Gasteiger partial charge < -0.3 is 4.90 Å². The number of nitrogens with one attached hydrogen (secondary N) is 2. The van der Waals surface area contributed by atoms with Crippen LogP contribution in [0, 0.1) is 27.7 Å². The number of benzene rings is 5. The van der Waals surface area contributed by atoms with Gasteiger partial charge in [0, 0.05) is 0 Å². The van der Waals surface area contributed by atoms with Crippen LogP contribution in [0.15, 0.2) is 103 Å². The van der Waals surface area contributed by atoms with Crippen molar-refractivity contribution >= 4 is 52.3 Å². The average Bonchev–Trinajstić information content (AvgIpc) is 3.31. The third-order valence-electron chi connectivity index (χ3n) is 9.53. The molecular weight excluding hydrogens is 587 g/mol.